The highest BCUT2D eigenvalue weighted by atomic mass is 19.1. The van der Waals surface area contributed by atoms with Crippen molar-refractivity contribution < 1.29 is 13.6 Å². The molecule has 4 rings (SSSR count). The molecular formula is C23H24F2N6O. The SMILES string of the molecule is CNc1nc(Nc2ccc(N3CCN(C)CC3)cc2)ncc1C(=O)c1c(F)cccc1F. The molecule has 0 atom stereocenters. The van der Waals surface area contributed by atoms with E-state index in [1.165, 1.54) is 12.3 Å². The van der Waals surface area contributed by atoms with Crippen molar-refractivity contribution in [3.63, 3.8) is 0 Å². The molecule has 1 fully saturated rings. The summed E-state index contributed by atoms with van der Waals surface area (Å²) in [5.74, 6) is -2.26. The standard InChI is InChI=1S/C23H24F2N6O/c1-26-22-17(21(32)20-18(24)4-3-5-19(20)25)14-27-23(29-22)28-15-6-8-16(9-7-15)31-12-10-30(2)11-13-31/h3-9,14H,10-13H2,1-2H3,(H2,26,27,28,29). The summed E-state index contributed by atoms with van der Waals surface area (Å²) in [7, 11) is 3.70. The predicted octanol–water partition coefficient (Wildman–Crippen LogP) is 3.52. The number of piperazine rings is 1. The van der Waals surface area contributed by atoms with E-state index in [1.807, 2.05) is 24.3 Å². The molecule has 9 heteroatoms. The van der Waals surface area contributed by atoms with Crippen molar-refractivity contribution in [2.75, 3.05) is 55.8 Å². The molecule has 2 N–H and O–H groups in total. The zero-order valence-corrected chi connectivity index (χ0v) is 17.9. The number of hydrogen-bond donors (Lipinski definition) is 2. The molecule has 0 aliphatic carbocycles. The number of carbonyl (C=O) groups is 1. The molecule has 3 aromatic rings. The molecule has 166 valence electrons. The summed E-state index contributed by atoms with van der Waals surface area (Å²) in [6.45, 7) is 4.02. The summed E-state index contributed by atoms with van der Waals surface area (Å²) in [5.41, 5.74) is 1.28. The molecule has 2 heterocycles. The molecule has 0 spiro atoms. The van der Waals surface area contributed by atoms with E-state index in [0.29, 0.717) is 0 Å². The topological polar surface area (TPSA) is 73.4 Å². The highest BCUT2D eigenvalue weighted by molar-refractivity contribution is 6.12. The van der Waals surface area contributed by atoms with Gasteiger partial charge in [0, 0.05) is 50.8 Å². The van der Waals surface area contributed by atoms with Crippen molar-refractivity contribution in [1.29, 1.82) is 0 Å². The van der Waals surface area contributed by atoms with Gasteiger partial charge in [-0.25, -0.2) is 13.8 Å². The number of nitrogens with zero attached hydrogens (tertiary/aromatic N) is 4. The fraction of sp³-hybridized carbons (Fsp3) is 0.261. The van der Waals surface area contributed by atoms with Crippen LogP contribution >= 0.6 is 0 Å². The average Bonchev–Trinajstić information content (AvgIpc) is 2.80. The minimum absolute atomic E-state index is 0.0209. The Morgan fingerprint density at radius 3 is 2.28 bits per heavy atom. The molecule has 1 saturated heterocycles. The smallest absolute Gasteiger partial charge is 0.229 e. The van der Waals surface area contributed by atoms with Crippen molar-refractivity contribution in [2.24, 2.45) is 0 Å². The zero-order chi connectivity index (χ0) is 22.7. The Balaban J connectivity index is 1.51. The molecule has 0 radical (unpaired) electrons. The molecule has 1 aliphatic heterocycles. The maximum atomic E-state index is 14.0. The Morgan fingerprint density at radius 1 is 1.00 bits per heavy atom. The van der Waals surface area contributed by atoms with E-state index in [9.17, 15) is 13.6 Å². The van der Waals surface area contributed by atoms with Crippen LogP contribution in [0.15, 0.2) is 48.7 Å². The van der Waals surface area contributed by atoms with Gasteiger partial charge in [-0.15, -0.1) is 0 Å². The number of aromatic nitrogens is 2. The maximum Gasteiger partial charge on any atom is 0.229 e. The van der Waals surface area contributed by atoms with E-state index < -0.39 is 23.0 Å². The van der Waals surface area contributed by atoms with Crippen LogP contribution in [-0.2, 0) is 0 Å². The van der Waals surface area contributed by atoms with Gasteiger partial charge in [0.25, 0.3) is 0 Å². The summed E-state index contributed by atoms with van der Waals surface area (Å²) < 4.78 is 28.1. The van der Waals surface area contributed by atoms with Crippen LogP contribution in [0.2, 0.25) is 0 Å². The van der Waals surface area contributed by atoms with Gasteiger partial charge in [-0.1, -0.05) is 6.07 Å². The lowest BCUT2D eigenvalue weighted by Crippen LogP contribution is -2.44. The second-order valence-electron chi connectivity index (χ2n) is 7.59. The Morgan fingerprint density at radius 2 is 1.66 bits per heavy atom. The van der Waals surface area contributed by atoms with Crippen LogP contribution in [0.4, 0.5) is 31.9 Å². The van der Waals surface area contributed by atoms with Gasteiger partial charge in [0.05, 0.1) is 11.1 Å². The van der Waals surface area contributed by atoms with Crippen molar-refractivity contribution in [3.05, 3.63) is 71.4 Å². The molecule has 0 saturated carbocycles. The first-order chi connectivity index (χ1) is 15.5. The van der Waals surface area contributed by atoms with Crippen LogP contribution in [0.25, 0.3) is 0 Å². The first-order valence-electron chi connectivity index (χ1n) is 10.3. The van der Waals surface area contributed by atoms with Gasteiger partial charge in [0.1, 0.15) is 17.5 Å². The quantitative estimate of drug-likeness (QED) is 0.571. The Bertz CT molecular complexity index is 1090. The summed E-state index contributed by atoms with van der Waals surface area (Å²) in [6, 6.07) is 11.2. The fourth-order valence-corrected chi connectivity index (χ4v) is 3.60. The van der Waals surface area contributed by atoms with Gasteiger partial charge in [-0.3, -0.25) is 4.79 Å². The number of likely N-dealkylation sites (N-methyl/N-ethyl adjacent to an activating group) is 1. The number of nitrogens with one attached hydrogen (secondary N) is 2. The minimum Gasteiger partial charge on any atom is -0.372 e. The Labute approximate surface area is 185 Å². The molecule has 1 aliphatic rings. The van der Waals surface area contributed by atoms with Crippen LogP contribution < -0.4 is 15.5 Å². The van der Waals surface area contributed by atoms with Crippen LogP contribution in [0.3, 0.4) is 0 Å². The Kier molecular flexibility index (Phi) is 6.27. The van der Waals surface area contributed by atoms with Crippen molar-refractivity contribution in [2.45, 2.75) is 0 Å². The van der Waals surface area contributed by atoms with Crippen LogP contribution in [0.1, 0.15) is 15.9 Å². The second-order valence-corrected chi connectivity index (χ2v) is 7.59. The summed E-state index contributed by atoms with van der Waals surface area (Å²) in [6.07, 6.45) is 1.26. The largest absolute Gasteiger partial charge is 0.372 e. The first-order valence-corrected chi connectivity index (χ1v) is 10.3. The molecule has 0 amide bonds. The predicted molar refractivity (Wildman–Crippen MR) is 121 cm³/mol. The zero-order valence-electron chi connectivity index (χ0n) is 17.9. The van der Waals surface area contributed by atoms with Crippen molar-refractivity contribution in [1.82, 2.24) is 14.9 Å². The molecule has 2 aromatic carbocycles. The number of ketones is 1. The third-order valence-electron chi connectivity index (χ3n) is 5.45. The summed E-state index contributed by atoms with van der Waals surface area (Å²) >= 11 is 0. The van der Waals surface area contributed by atoms with Crippen LogP contribution in [0, 0.1) is 11.6 Å². The molecule has 0 bridgehead atoms. The van der Waals surface area contributed by atoms with Gasteiger partial charge in [0.15, 0.2) is 0 Å². The van der Waals surface area contributed by atoms with Gasteiger partial charge in [-0.05, 0) is 43.4 Å². The van der Waals surface area contributed by atoms with E-state index in [2.05, 4.69) is 37.4 Å². The lowest BCUT2D eigenvalue weighted by molar-refractivity contribution is 0.103. The van der Waals surface area contributed by atoms with E-state index in [4.69, 9.17) is 0 Å². The molecule has 32 heavy (non-hydrogen) atoms. The number of anilines is 4. The maximum absolute atomic E-state index is 14.0. The van der Waals surface area contributed by atoms with Crippen LogP contribution in [-0.4, -0.2) is 60.9 Å². The van der Waals surface area contributed by atoms with Gasteiger partial charge >= 0.3 is 0 Å². The number of hydrogen-bond acceptors (Lipinski definition) is 7. The van der Waals surface area contributed by atoms with Crippen molar-refractivity contribution in [3.8, 4) is 0 Å². The average molecular weight is 438 g/mol. The number of rotatable bonds is 6. The highest BCUT2D eigenvalue weighted by Crippen LogP contribution is 2.24. The summed E-state index contributed by atoms with van der Waals surface area (Å²) in [4.78, 5) is 25.8. The van der Waals surface area contributed by atoms with E-state index in [0.717, 1.165) is 49.7 Å². The summed E-state index contributed by atoms with van der Waals surface area (Å²) in [5, 5.41) is 5.90. The number of carbonyl (C=O) groups excluding carboxylic acids is 1. The highest BCUT2D eigenvalue weighted by Gasteiger charge is 2.23. The van der Waals surface area contributed by atoms with Crippen LogP contribution in [0.5, 0.6) is 0 Å². The Hall–Kier alpha value is -3.59. The van der Waals surface area contributed by atoms with Crippen molar-refractivity contribution >= 4 is 28.9 Å². The van der Waals surface area contributed by atoms with E-state index >= 15 is 0 Å². The van der Waals surface area contributed by atoms with Gasteiger partial charge in [0.2, 0.25) is 11.7 Å². The third kappa shape index (κ3) is 4.52. The molecule has 0 unspecified atom stereocenters. The fourth-order valence-electron chi connectivity index (χ4n) is 3.60. The number of benzene rings is 2. The normalized spacial score (nSPS) is 14.3. The van der Waals surface area contributed by atoms with E-state index in [-0.39, 0.29) is 17.3 Å². The van der Waals surface area contributed by atoms with Gasteiger partial charge in [-0.2, -0.15) is 4.98 Å². The monoisotopic (exact) mass is 438 g/mol. The second kappa shape index (κ2) is 9.27. The molecule has 7 nitrogen and oxygen atoms in total. The van der Waals surface area contributed by atoms with E-state index in [1.54, 1.807) is 7.05 Å². The third-order valence-corrected chi connectivity index (χ3v) is 5.45. The first kappa shape index (κ1) is 21.6. The lowest BCUT2D eigenvalue weighted by atomic mass is 10.0. The molecular weight excluding hydrogens is 414 g/mol. The minimum atomic E-state index is -0.931. The molecule has 1 aromatic heterocycles. The number of halogens is 2. The van der Waals surface area contributed by atoms with Gasteiger partial charge < -0.3 is 20.4 Å². The lowest BCUT2D eigenvalue weighted by Gasteiger charge is -2.34.